The quantitative estimate of drug-likeness (QED) is 0.888. The highest BCUT2D eigenvalue weighted by atomic mass is 16.5. The molecule has 6 nitrogen and oxygen atoms in total. The summed E-state index contributed by atoms with van der Waals surface area (Å²) in [6, 6.07) is 6.20. The zero-order valence-electron chi connectivity index (χ0n) is 9.53. The number of carbonyl (C=O) groups is 1. The Bertz CT molecular complexity index is 557. The fraction of sp³-hybridized carbons (Fsp3) is 0.0833. The van der Waals surface area contributed by atoms with Gasteiger partial charge in [-0.2, -0.15) is 0 Å². The Hall–Kier alpha value is -2.63. The third-order valence-corrected chi connectivity index (χ3v) is 2.16. The van der Waals surface area contributed by atoms with Gasteiger partial charge in [0.2, 0.25) is 0 Å². The highest BCUT2D eigenvalue weighted by Gasteiger charge is 2.14. The smallest absolute Gasteiger partial charge is 0.339 e. The Balaban J connectivity index is 2.35. The lowest BCUT2D eigenvalue weighted by Crippen LogP contribution is -2.02. The predicted octanol–water partition coefficient (Wildman–Crippen LogP) is 1.98. The molecule has 0 aliphatic carbocycles. The maximum absolute atomic E-state index is 11.1. The van der Waals surface area contributed by atoms with E-state index >= 15 is 0 Å². The second kappa shape index (κ2) is 5.13. The third-order valence-electron chi connectivity index (χ3n) is 2.16. The number of nitrogens with zero attached hydrogens (tertiary/aromatic N) is 2. The second-order valence-corrected chi connectivity index (χ2v) is 3.30. The first-order valence-electron chi connectivity index (χ1n) is 5.07. The van der Waals surface area contributed by atoms with E-state index in [0.717, 1.165) is 0 Å². The summed E-state index contributed by atoms with van der Waals surface area (Å²) in [5.41, 5.74) is -0.0122. The van der Waals surface area contributed by atoms with Gasteiger partial charge in [-0.25, -0.2) is 14.8 Å². The van der Waals surface area contributed by atoms with E-state index in [1.54, 1.807) is 12.1 Å². The Labute approximate surface area is 103 Å². The van der Waals surface area contributed by atoms with Crippen molar-refractivity contribution in [2.45, 2.75) is 0 Å². The van der Waals surface area contributed by atoms with Crippen molar-refractivity contribution in [3.05, 3.63) is 42.2 Å². The normalized spacial score (nSPS) is 9.83. The number of aromatic carboxylic acids is 1. The monoisotopic (exact) mass is 246 g/mol. The fourth-order valence-corrected chi connectivity index (χ4v) is 1.33. The van der Waals surface area contributed by atoms with Gasteiger partial charge in [-0.3, -0.25) is 0 Å². The number of benzene rings is 1. The van der Waals surface area contributed by atoms with Gasteiger partial charge in [0.05, 0.1) is 7.11 Å². The molecule has 0 bridgehead atoms. The van der Waals surface area contributed by atoms with Crippen LogP contribution in [0.3, 0.4) is 0 Å². The van der Waals surface area contributed by atoms with E-state index in [4.69, 9.17) is 14.6 Å². The van der Waals surface area contributed by atoms with Gasteiger partial charge in [-0.1, -0.05) is 0 Å². The number of hydrogen-bond donors (Lipinski definition) is 1. The predicted molar refractivity (Wildman–Crippen MR) is 62.1 cm³/mol. The molecule has 1 N–H and O–H groups in total. The number of rotatable bonds is 4. The molecule has 6 heteroatoms. The van der Waals surface area contributed by atoms with Crippen LogP contribution in [0.4, 0.5) is 0 Å². The minimum absolute atomic E-state index is 0.0122. The van der Waals surface area contributed by atoms with Crippen LogP contribution in [-0.2, 0) is 0 Å². The summed E-state index contributed by atoms with van der Waals surface area (Å²) in [5, 5.41) is 9.09. The van der Waals surface area contributed by atoms with E-state index in [1.807, 2.05) is 0 Å². The summed E-state index contributed by atoms with van der Waals surface area (Å²) in [6.45, 7) is 0. The van der Waals surface area contributed by atoms with E-state index in [0.29, 0.717) is 5.75 Å². The van der Waals surface area contributed by atoms with Crippen molar-refractivity contribution >= 4 is 5.97 Å². The van der Waals surface area contributed by atoms with Gasteiger partial charge < -0.3 is 14.6 Å². The highest BCUT2D eigenvalue weighted by Crippen LogP contribution is 2.26. The first-order valence-corrected chi connectivity index (χ1v) is 5.07. The first kappa shape index (κ1) is 11.8. The topological polar surface area (TPSA) is 81.5 Å². The molecule has 0 atom stereocenters. The summed E-state index contributed by atoms with van der Waals surface area (Å²) >= 11 is 0. The Morgan fingerprint density at radius 1 is 1.28 bits per heavy atom. The Kier molecular flexibility index (Phi) is 3.38. The maximum Gasteiger partial charge on any atom is 0.339 e. The zero-order chi connectivity index (χ0) is 13.0. The molecule has 0 aliphatic rings. The number of hydrogen-bond acceptors (Lipinski definition) is 5. The SMILES string of the molecule is COc1ccc(Oc2ncccn2)c(C(=O)O)c1. The van der Waals surface area contributed by atoms with Crippen LogP contribution in [0.5, 0.6) is 17.5 Å². The molecule has 1 aromatic heterocycles. The first-order chi connectivity index (χ1) is 8.70. The highest BCUT2D eigenvalue weighted by molar-refractivity contribution is 5.91. The molecule has 2 rings (SSSR count). The van der Waals surface area contributed by atoms with Crippen LogP contribution in [0.2, 0.25) is 0 Å². The van der Waals surface area contributed by atoms with E-state index in [9.17, 15) is 4.79 Å². The van der Waals surface area contributed by atoms with Crippen LogP contribution < -0.4 is 9.47 Å². The third kappa shape index (κ3) is 2.54. The largest absolute Gasteiger partial charge is 0.497 e. The van der Waals surface area contributed by atoms with Crippen molar-refractivity contribution in [3.63, 3.8) is 0 Å². The van der Waals surface area contributed by atoms with Gasteiger partial charge in [0.1, 0.15) is 17.1 Å². The van der Waals surface area contributed by atoms with Crippen LogP contribution in [0.25, 0.3) is 0 Å². The summed E-state index contributed by atoms with van der Waals surface area (Å²) in [7, 11) is 1.46. The molecule has 0 unspecified atom stereocenters. The van der Waals surface area contributed by atoms with Gasteiger partial charge in [0.25, 0.3) is 0 Å². The molecule has 18 heavy (non-hydrogen) atoms. The van der Waals surface area contributed by atoms with E-state index in [1.165, 1.54) is 31.6 Å². The molecule has 0 saturated carbocycles. The summed E-state index contributed by atoms with van der Waals surface area (Å²) < 4.78 is 10.3. The van der Waals surface area contributed by atoms with Gasteiger partial charge in [0.15, 0.2) is 0 Å². The second-order valence-electron chi connectivity index (χ2n) is 3.30. The number of aromatic nitrogens is 2. The molecule has 0 saturated heterocycles. The molecule has 1 heterocycles. The molecule has 0 spiro atoms. The van der Waals surface area contributed by atoms with Crippen molar-refractivity contribution in [1.82, 2.24) is 9.97 Å². The van der Waals surface area contributed by atoms with Crippen LogP contribution in [-0.4, -0.2) is 28.2 Å². The van der Waals surface area contributed by atoms with Crippen LogP contribution in [0.1, 0.15) is 10.4 Å². The summed E-state index contributed by atoms with van der Waals surface area (Å²) in [4.78, 5) is 18.8. The molecule has 0 aliphatic heterocycles. The Morgan fingerprint density at radius 2 is 2.00 bits per heavy atom. The summed E-state index contributed by atoms with van der Waals surface area (Å²) in [6.07, 6.45) is 3.01. The van der Waals surface area contributed by atoms with Crippen LogP contribution in [0, 0.1) is 0 Å². The van der Waals surface area contributed by atoms with E-state index in [-0.39, 0.29) is 17.3 Å². The Morgan fingerprint density at radius 3 is 2.61 bits per heavy atom. The van der Waals surface area contributed by atoms with Crippen molar-refractivity contribution < 1.29 is 19.4 Å². The molecule has 0 amide bonds. The summed E-state index contributed by atoms with van der Waals surface area (Å²) in [5.74, 6) is -0.511. The molecular weight excluding hydrogens is 236 g/mol. The van der Waals surface area contributed by atoms with Crippen molar-refractivity contribution in [3.8, 4) is 17.5 Å². The molecule has 0 fully saturated rings. The van der Waals surface area contributed by atoms with Gasteiger partial charge in [-0.05, 0) is 24.3 Å². The number of carboxylic acid groups (broad SMARTS) is 1. The standard InChI is InChI=1S/C12H10N2O4/c1-17-8-3-4-10(9(7-8)11(15)16)18-12-13-5-2-6-14-12/h2-7H,1H3,(H,15,16). The van der Waals surface area contributed by atoms with Crippen molar-refractivity contribution in [1.29, 1.82) is 0 Å². The van der Waals surface area contributed by atoms with Gasteiger partial charge >= 0.3 is 12.0 Å². The fourth-order valence-electron chi connectivity index (χ4n) is 1.33. The zero-order valence-corrected chi connectivity index (χ0v) is 9.53. The average Bonchev–Trinajstić information content (AvgIpc) is 2.40. The minimum Gasteiger partial charge on any atom is -0.497 e. The molecule has 1 aromatic carbocycles. The van der Waals surface area contributed by atoms with Crippen molar-refractivity contribution in [2.24, 2.45) is 0 Å². The maximum atomic E-state index is 11.1. The van der Waals surface area contributed by atoms with Gasteiger partial charge in [0, 0.05) is 12.4 Å². The minimum atomic E-state index is -1.11. The number of carboxylic acids is 1. The molecule has 2 aromatic rings. The van der Waals surface area contributed by atoms with Crippen molar-refractivity contribution in [2.75, 3.05) is 7.11 Å². The van der Waals surface area contributed by atoms with Crippen LogP contribution >= 0.6 is 0 Å². The van der Waals surface area contributed by atoms with E-state index in [2.05, 4.69) is 9.97 Å². The molecular formula is C12H10N2O4. The number of ether oxygens (including phenoxy) is 2. The number of methoxy groups -OCH3 is 1. The van der Waals surface area contributed by atoms with E-state index < -0.39 is 5.97 Å². The average molecular weight is 246 g/mol. The molecule has 0 radical (unpaired) electrons. The lowest BCUT2D eigenvalue weighted by atomic mass is 10.2. The lowest BCUT2D eigenvalue weighted by Gasteiger charge is -2.08. The lowest BCUT2D eigenvalue weighted by molar-refractivity contribution is 0.0693. The van der Waals surface area contributed by atoms with Crippen LogP contribution in [0.15, 0.2) is 36.7 Å². The molecule has 92 valence electrons. The van der Waals surface area contributed by atoms with Gasteiger partial charge in [-0.15, -0.1) is 0 Å².